The second-order valence-corrected chi connectivity index (χ2v) is 1.26. The van der Waals surface area contributed by atoms with Gasteiger partial charge in [-0.2, -0.15) is 5.82 Å². The maximum absolute atomic E-state index is 10.2. The predicted molar refractivity (Wildman–Crippen MR) is 33.6 cm³/mol. The van der Waals surface area contributed by atoms with Crippen molar-refractivity contribution >= 4 is 13.8 Å². The van der Waals surface area contributed by atoms with Crippen molar-refractivity contribution in [3.05, 3.63) is 0 Å². The summed E-state index contributed by atoms with van der Waals surface area (Å²) < 4.78 is 0. The van der Waals surface area contributed by atoms with Crippen LogP contribution in [0, 0.1) is 11.7 Å². The van der Waals surface area contributed by atoms with E-state index in [4.69, 9.17) is 13.0 Å². The van der Waals surface area contributed by atoms with E-state index in [9.17, 15) is 4.79 Å². The largest absolute Gasteiger partial charge is 0.387 e. The summed E-state index contributed by atoms with van der Waals surface area (Å²) in [5.41, 5.74) is 0. The van der Waals surface area contributed by atoms with Crippen LogP contribution in [0.2, 0.25) is 0 Å². The number of carbonyl (C=O) groups excluding carboxylic acids is 1. The van der Waals surface area contributed by atoms with Crippen LogP contribution in [0.5, 0.6) is 0 Å². The van der Waals surface area contributed by atoms with Crippen LogP contribution < -0.4 is 5.32 Å². The second-order valence-electron chi connectivity index (χ2n) is 1.26. The Hall–Kier alpha value is -0.945. The molecule has 9 heavy (non-hydrogen) atoms. The highest BCUT2D eigenvalue weighted by atomic mass is 16.3. The van der Waals surface area contributed by atoms with E-state index in [0.29, 0.717) is 0 Å². The van der Waals surface area contributed by atoms with Gasteiger partial charge in [0.1, 0.15) is 6.61 Å². The van der Waals surface area contributed by atoms with Crippen LogP contribution in [-0.2, 0) is 4.79 Å². The lowest BCUT2D eigenvalue weighted by Gasteiger charge is -1.93. The summed E-state index contributed by atoms with van der Waals surface area (Å²) in [6.45, 7) is -0.317. The Morgan fingerprint density at radius 1 is 1.78 bits per heavy atom. The van der Waals surface area contributed by atoms with E-state index in [1.807, 2.05) is 0 Å². The van der Waals surface area contributed by atoms with Crippen molar-refractivity contribution in [3.63, 3.8) is 0 Å². The van der Waals surface area contributed by atoms with Gasteiger partial charge in [0.25, 0.3) is 0 Å². The van der Waals surface area contributed by atoms with Crippen molar-refractivity contribution < 1.29 is 9.90 Å². The summed E-state index contributed by atoms with van der Waals surface area (Å²) in [7, 11) is 4.78. The number of nitrogens with one attached hydrogen (secondary N) is 1. The van der Waals surface area contributed by atoms with Gasteiger partial charge in [-0.1, -0.05) is 5.92 Å². The Bertz CT molecular complexity index is 147. The van der Waals surface area contributed by atoms with Gasteiger partial charge in [-0.05, 0) is 0 Å². The minimum atomic E-state index is -0.508. The molecule has 0 saturated carbocycles. The van der Waals surface area contributed by atoms with Gasteiger partial charge in [0.2, 0.25) is 5.91 Å². The fraction of sp³-hybridized carbons (Fsp3) is 0.400. The molecule has 0 bridgehead atoms. The fourth-order valence-corrected chi connectivity index (χ4v) is 0.250. The van der Waals surface area contributed by atoms with E-state index < -0.39 is 12.5 Å². The van der Waals surface area contributed by atoms with E-state index in [1.165, 1.54) is 0 Å². The molecule has 0 spiro atoms. The molecule has 0 unspecified atom stereocenters. The lowest BCUT2D eigenvalue weighted by molar-refractivity contribution is -0.123. The van der Waals surface area contributed by atoms with E-state index in [2.05, 4.69) is 17.1 Å². The van der Waals surface area contributed by atoms with E-state index in [1.54, 1.807) is 0 Å². The highest BCUT2D eigenvalue weighted by molar-refractivity contribution is 6.22. The fourth-order valence-electron chi connectivity index (χ4n) is 0.250. The Kier molecular flexibility index (Phi) is 4.65. The number of aliphatic hydroxyl groups is 1. The number of carbonyl (C=O) groups is 1. The SMILES string of the molecule is [B]C#CCNC(=O)CO. The summed E-state index contributed by atoms with van der Waals surface area (Å²) >= 11 is 0. The molecule has 0 aliphatic rings. The molecule has 0 aromatic carbocycles. The average molecular weight is 123 g/mol. The predicted octanol–water partition coefficient (Wildman–Crippen LogP) is -1.78. The van der Waals surface area contributed by atoms with Gasteiger partial charge in [-0.15, -0.1) is 0 Å². The first-order valence-electron chi connectivity index (χ1n) is 2.37. The smallest absolute Gasteiger partial charge is 0.246 e. The van der Waals surface area contributed by atoms with Crippen molar-refractivity contribution in [2.45, 2.75) is 0 Å². The Labute approximate surface area is 54.9 Å². The first-order chi connectivity index (χ1) is 4.31. The Morgan fingerprint density at radius 2 is 2.44 bits per heavy atom. The summed E-state index contributed by atoms with van der Waals surface area (Å²) in [6.07, 6.45) is 0. The average Bonchev–Trinajstić information content (AvgIpc) is 1.89. The van der Waals surface area contributed by atoms with Gasteiger partial charge in [0.05, 0.1) is 6.54 Å². The van der Waals surface area contributed by atoms with E-state index >= 15 is 0 Å². The van der Waals surface area contributed by atoms with Crippen molar-refractivity contribution in [1.82, 2.24) is 5.32 Å². The molecule has 0 heterocycles. The van der Waals surface area contributed by atoms with Gasteiger partial charge >= 0.3 is 0 Å². The second kappa shape index (κ2) is 5.20. The molecule has 4 heteroatoms. The van der Waals surface area contributed by atoms with Crippen molar-refractivity contribution in [2.24, 2.45) is 0 Å². The van der Waals surface area contributed by atoms with Gasteiger partial charge in [-0.25, -0.2) is 0 Å². The first kappa shape index (κ1) is 8.05. The van der Waals surface area contributed by atoms with Crippen molar-refractivity contribution in [2.75, 3.05) is 13.2 Å². The van der Waals surface area contributed by atoms with Crippen LogP contribution in [0.3, 0.4) is 0 Å². The number of rotatable bonds is 2. The van der Waals surface area contributed by atoms with Crippen LogP contribution >= 0.6 is 0 Å². The van der Waals surface area contributed by atoms with Crippen LogP contribution in [0.4, 0.5) is 0 Å². The van der Waals surface area contributed by atoms with E-state index in [0.717, 1.165) is 0 Å². The molecule has 0 rings (SSSR count). The molecule has 0 aliphatic heterocycles. The number of amides is 1. The standard InChI is InChI=1S/C5H6BNO2/c6-2-1-3-7-5(9)4-8/h8H,3-4H2,(H,7,9). The number of hydrogen-bond acceptors (Lipinski definition) is 2. The molecule has 0 aromatic rings. The Balaban J connectivity index is 3.24. The van der Waals surface area contributed by atoms with Crippen LogP contribution in [0.25, 0.3) is 0 Å². The molecule has 3 nitrogen and oxygen atoms in total. The molecule has 2 N–H and O–H groups in total. The normalized spacial score (nSPS) is 7.22. The molecule has 1 amide bonds. The third kappa shape index (κ3) is 4.92. The van der Waals surface area contributed by atoms with Crippen LogP contribution in [-0.4, -0.2) is 32.0 Å². The Morgan fingerprint density at radius 3 is 2.89 bits per heavy atom. The molecule has 46 valence electrons. The van der Waals surface area contributed by atoms with Crippen molar-refractivity contribution in [3.8, 4) is 11.7 Å². The molecule has 2 radical (unpaired) electrons. The van der Waals surface area contributed by atoms with Gasteiger partial charge in [0, 0.05) is 0 Å². The molecule has 0 saturated heterocycles. The van der Waals surface area contributed by atoms with Crippen LogP contribution in [0.15, 0.2) is 0 Å². The quantitative estimate of drug-likeness (QED) is 0.337. The zero-order valence-electron chi connectivity index (χ0n) is 4.85. The first-order valence-corrected chi connectivity index (χ1v) is 2.37. The third-order valence-corrected chi connectivity index (χ3v) is 0.620. The molecule has 0 atom stereocenters. The minimum absolute atomic E-state index is 0.190. The zero-order chi connectivity index (χ0) is 7.11. The highest BCUT2D eigenvalue weighted by Gasteiger charge is 1.91. The van der Waals surface area contributed by atoms with E-state index in [-0.39, 0.29) is 6.54 Å². The molecular weight excluding hydrogens is 117 g/mol. The van der Waals surface area contributed by atoms with Gasteiger partial charge < -0.3 is 10.4 Å². The topological polar surface area (TPSA) is 49.3 Å². The zero-order valence-corrected chi connectivity index (χ0v) is 4.85. The summed E-state index contributed by atoms with van der Waals surface area (Å²) in [5, 5.41) is 10.4. The lowest BCUT2D eigenvalue weighted by Crippen LogP contribution is -2.26. The maximum Gasteiger partial charge on any atom is 0.246 e. The maximum atomic E-state index is 10.2. The summed E-state index contributed by atoms with van der Waals surface area (Å²) in [4.78, 5) is 10.2. The minimum Gasteiger partial charge on any atom is -0.387 e. The molecular formula is C5H6BNO2. The monoisotopic (exact) mass is 123 g/mol. The molecule has 0 aromatic heterocycles. The number of hydrogen-bond donors (Lipinski definition) is 2. The summed E-state index contributed by atoms with van der Waals surface area (Å²) in [6, 6.07) is 0. The van der Waals surface area contributed by atoms with Crippen LogP contribution in [0.1, 0.15) is 0 Å². The summed E-state index contributed by atoms with van der Waals surface area (Å²) in [5.74, 6) is 4.05. The van der Waals surface area contributed by atoms with Gasteiger partial charge in [0.15, 0.2) is 7.85 Å². The molecule has 0 fully saturated rings. The van der Waals surface area contributed by atoms with Crippen molar-refractivity contribution in [1.29, 1.82) is 0 Å². The highest BCUT2D eigenvalue weighted by Crippen LogP contribution is 1.59. The van der Waals surface area contributed by atoms with Gasteiger partial charge in [-0.3, -0.25) is 4.79 Å². The lowest BCUT2D eigenvalue weighted by atomic mass is 10.2. The number of aliphatic hydroxyl groups excluding tert-OH is 1. The third-order valence-electron chi connectivity index (χ3n) is 0.620. The molecule has 0 aliphatic carbocycles.